The Morgan fingerprint density at radius 1 is 1.07 bits per heavy atom. The van der Waals surface area contributed by atoms with Crippen LogP contribution in [0.5, 0.6) is 11.5 Å². The summed E-state index contributed by atoms with van der Waals surface area (Å²) in [5.41, 5.74) is 0.946. The maximum Gasteiger partial charge on any atom is 0.252 e. The molecule has 4 rings (SSSR count). The van der Waals surface area contributed by atoms with E-state index in [0.29, 0.717) is 35.6 Å². The third kappa shape index (κ3) is 3.68. The zero-order chi connectivity index (χ0) is 21.1. The number of pyridine rings is 1. The first-order chi connectivity index (χ1) is 14.5. The number of anilines is 1. The number of amides is 2. The Morgan fingerprint density at radius 2 is 1.83 bits per heavy atom. The van der Waals surface area contributed by atoms with E-state index in [1.54, 1.807) is 63.3 Å². The largest absolute Gasteiger partial charge is 0.493 e. The number of ether oxygens (including phenoxy) is 2. The topological polar surface area (TPSA) is 94.0 Å². The molecule has 1 aliphatic rings. The van der Waals surface area contributed by atoms with Crippen LogP contribution < -0.4 is 20.1 Å². The third-order valence-electron chi connectivity index (χ3n) is 5.56. The Morgan fingerprint density at radius 3 is 2.57 bits per heavy atom. The van der Waals surface area contributed by atoms with Gasteiger partial charge in [0.2, 0.25) is 5.91 Å². The molecule has 2 amide bonds. The van der Waals surface area contributed by atoms with E-state index in [0.717, 1.165) is 18.4 Å². The van der Waals surface area contributed by atoms with E-state index in [1.165, 1.54) is 0 Å². The number of benzene rings is 1. The molecule has 2 aromatic heterocycles. The number of fused-ring (bicyclic) bond motifs is 1. The van der Waals surface area contributed by atoms with E-state index >= 15 is 0 Å². The fraction of sp³-hybridized carbons (Fsp3) is 0.318. The minimum absolute atomic E-state index is 0.231. The highest BCUT2D eigenvalue weighted by molar-refractivity contribution is 6.04. The van der Waals surface area contributed by atoms with E-state index in [-0.39, 0.29) is 11.8 Å². The second-order valence-electron chi connectivity index (χ2n) is 7.41. The van der Waals surface area contributed by atoms with Crippen molar-refractivity contribution in [3.63, 3.8) is 0 Å². The average molecular weight is 408 g/mol. The van der Waals surface area contributed by atoms with Crippen LogP contribution in [-0.2, 0) is 4.79 Å². The van der Waals surface area contributed by atoms with Crippen LogP contribution in [0.2, 0.25) is 0 Å². The van der Waals surface area contributed by atoms with Crippen molar-refractivity contribution in [3.05, 3.63) is 54.6 Å². The predicted molar refractivity (Wildman–Crippen MR) is 112 cm³/mol. The first kappa shape index (κ1) is 19.8. The van der Waals surface area contributed by atoms with Crippen LogP contribution in [0.15, 0.2) is 49.1 Å². The number of rotatable bonds is 6. The first-order valence-corrected chi connectivity index (χ1v) is 9.82. The summed E-state index contributed by atoms with van der Waals surface area (Å²) >= 11 is 0. The molecule has 1 aromatic carbocycles. The number of aromatic nitrogens is 2. The van der Waals surface area contributed by atoms with Crippen LogP contribution in [-0.4, -0.2) is 41.0 Å². The summed E-state index contributed by atoms with van der Waals surface area (Å²) < 4.78 is 12.4. The minimum Gasteiger partial charge on any atom is -0.493 e. The van der Waals surface area contributed by atoms with Crippen LogP contribution in [0.3, 0.4) is 0 Å². The predicted octanol–water partition coefficient (Wildman–Crippen LogP) is 3.03. The van der Waals surface area contributed by atoms with E-state index in [9.17, 15) is 9.59 Å². The van der Waals surface area contributed by atoms with E-state index in [4.69, 9.17) is 9.47 Å². The molecule has 0 aliphatic heterocycles. The van der Waals surface area contributed by atoms with E-state index in [1.807, 2.05) is 4.40 Å². The van der Waals surface area contributed by atoms with E-state index < -0.39 is 5.54 Å². The summed E-state index contributed by atoms with van der Waals surface area (Å²) in [4.78, 5) is 30.2. The number of hydrogen-bond acceptors (Lipinski definition) is 5. The number of carbonyl (C=O) groups excluding carboxylic acids is 2. The molecule has 0 bridgehead atoms. The molecule has 0 saturated heterocycles. The number of methoxy groups -OCH3 is 2. The SMILES string of the molecule is COc1ccc(NC(=O)C2(NC(=O)c3ccn4cncc4c3)CCCC2)cc1OC. The van der Waals surface area contributed by atoms with Crippen LogP contribution in [0.25, 0.3) is 5.52 Å². The van der Waals surface area contributed by atoms with Crippen molar-refractivity contribution < 1.29 is 19.1 Å². The fourth-order valence-electron chi connectivity index (χ4n) is 3.90. The quantitative estimate of drug-likeness (QED) is 0.654. The van der Waals surface area contributed by atoms with Crippen molar-refractivity contribution in [1.82, 2.24) is 14.7 Å². The normalized spacial score (nSPS) is 15.0. The van der Waals surface area contributed by atoms with Crippen molar-refractivity contribution >= 4 is 23.0 Å². The number of nitrogens with one attached hydrogen (secondary N) is 2. The van der Waals surface area contributed by atoms with Crippen LogP contribution in [0.4, 0.5) is 5.69 Å². The van der Waals surface area contributed by atoms with Gasteiger partial charge in [-0.05, 0) is 37.1 Å². The average Bonchev–Trinajstić information content (AvgIpc) is 3.43. The zero-order valence-electron chi connectivity index (χ0n) is 17.0. The van der Waals surface area contributed by atoms with Gasteiger partial charge in [-0.2, -0.15) is 0 Å². The number of carbonyl (C=O) groups is 2. The lowest BCUT2D eigenvalue weighted by Crippen LogP contribution is -2.55. The molecular weight excluding hydrogens is 384 g/mol. The van der Waals surface area contributed by atoms with Crippen molar-refractivity contribution in [2.75, 3.05) is 19.5 Å². The standard InChI is InChI=1S/C22H24N4O4/c1-29-18-6-5-16(12-19(18)30-2)24-21(28)22(8-3-4-9-22)25-20(27)15-7-10-26-14-23-13-17(26)11-15/h5-7,10-14H,3-4,8-9H2,1-2H3,(H,24,28)(H,25,27). The number of nitrogens with zero attached hydrogens (tertiary/aromatic N) is 2. The summed E-state index contributed by atoms with van der Waals surface area (Å²) in [5.74, 6) is 0.595. The Bertz CT molecular complexity index is 1090. The van der Waals surface area contributed by atoms with Crippen LogP contribution in [0.1, 0.15) is 36.0 Å². The van der Waals surface area contributed by atoms with Gasteiger partial charge in [-0.25, -0.2) is 4.98 Å². The molecule has 3 aromatic rings. The molecule has 30 heavy (non-hydrogen) atoms. The van der Waals surface area contributed by atoms with Crippen molar-refractivity contribution in [3.8, 4) is 11.5 Å². The third-order valence-corrected chi connectivity index (χ3v) is 5.56. The number of imidazole rings is 1. The lowest BCUT2D eigenvalue weighted by molar-refractivity contribution is -0.122. The monoisotopic (exact) mass is 408 g/mol. The second kappa shape index (κ2) is 8.06. The molecule has 0 atom stereocenters. The molecule has 0 unspecified atom stereocenters. The molecule has 8 heteroatoms. The highest BCUT2D eigenvalue weighted by Crippen LogP contribution is 2.33. The number of hydrogen-bond donors (Lipinski definition) is 2. The van der Waals surface area contributed by atoms with Gasteiger partial charge in [0, 0.05) is 23.5 Å². The molecule has 2 heterocycles. The Kier molecular flexibility index (Phi) is 5.31. The molecule has 1 fully saturated rings. The Hall–Kier alpha value is -3.55. The maximum atomic E-state index is 13.2. The lowest BCUT2D eigenvalue weighted by Gasteiger charge is -2.29. The second-order valence-corrected chi connectivity index (χ2v) is 7.41. The van der Waals surface area contributed by atoms with Gasteiger partial charge in [-0.3, -0.25) is 9.59 Å². The van der Waals surface area contributed by atoms with Gasteiger partial charge >= 0.3 is 0 Å². The molecule has 8 nitrogen and oxygen atoms in total. The highest BCUT2D eigenvalue weighted by atomic mass is 16.5. The summed E-state index contributed by atoms with van der Waals surface area (Å²) in [6, 6.07) is 8.66. The smallest absolute Gasteiger partial charge is 0.252 e. The summed E-state index contributed by atoms with van der Waals surface area (Å²) in [7, 11) is 3.10. The zero-order valence-corrected chi connectivity index (χ0v) is 17.0. The van der Waals surface area contributed by atoms with Gasteiger partial charge in [0.05, 0.1) is 32.3 Å². The van der Waals surface area contributed by atoms with Crippen molar-refractivity contribution in [1.29, 1.82) is 0 Å². The summed E-state index contributed by atoms with van der Waals surface area (Å²) in [6.45, 7) is 0. The van der Waals surface area contributed by atoms with Gasteiger partial charge in [-0.1, -0.05) is 12.8 Å². The Labute approximate surface area is 174 Å². The molecule has 0 radical (unpaired) electrons. The van der Waals surface area contributed by atoms with Gasteiger partial charge in [0.25, 0.3) is 5.91 Å². The van der Waals surface area contributed by atoms with Gasteiger partial charge in [0.1, 0.15) is 5.54 Å². The lowest BCUT2D eigenvalue weighted by atomic mass is 9.95. The Balaban J connectivity index is 1.54. The highest BCUT2D eigenvalue weighted by Gasteiger charge is 2.42. The van der Waals surface area contributed by atoms with Crippen molar-refractivity contribution in [2.24, 2.45) is 0 Å². The fourth-order valence-corrected chi connectivity index (χ4v) is 3.90. The first-order valence-electron chi connectivity index (χ1n) is 9.82. The van der Waals surface area contributed by atoms with Gasteiger partial charge in [-0.15, -0.1) is 0 Å². The van der Waals surface area contributed by atoms with Gasteiger partial charge < -0.3 is 24.5 Å². The molecule has 2 N–H and O–H groups in total. The maximum absolute atomic E-state index is 13.2. The van der Waals surface area contributed by atoms with Crippen LogP contribution >= 0.6 is 0 Å². The van der Waals surface area contributed by atoms with Crippen LogP contribution in [0, 0.1) is 0 Å². The molecule has 1 saturated carbocycles. The molecule has 156 valence electrons. The summed E-state index contributed by atoms with van der Waals surface area (Å²) in [6.07, 6.45) is 8.07. The molecule has 0 spiro atoms. The molecular formula is C22H24N4O4. The van der Waals surface area contributed by atoms with E-state index in [2.05, 4.69) is 15.6 Å². The summed E-state index contributed by atoms with van der Waals surface area (Å²) in [5, 5.41) is 5.93. The van der Waals surface area contributed by atoms with Crippen molar-refractivity contribution in [2.45, 2.75) is 31.2 Å². The minimum atomic E-state index is -0.948. The van der Waals surface area contributed by atoms with Gasteiger partial charge in [0.15, 0.2) is 11.5 Å². The molecule has 1 aliphatic carbocycles.